The van der Waals surface area contributed by atoms with Gasteiger partial charge in [-0.2, -0.15) is 0 Å². The Morgan fingerprint density at radius 1 is 1.25 bits per heavy atom. The quantitative estimate of drug-likeness (QED) is 0.550. The van der Waals surface area contributed by atoms with E-state index in [2.05, 4.69) is 27.4 Å². The number of pyridine rings is 1. The lowest BCUT2D eigenvalue weighted by atomic mass is 10.0. The third-order valence-corrected chi connectivity index (χ3v) is 5.39. The van der Waals surface area contributed by atoms with E-state index in [1.807, 2.05) is 0 Å². The molecule has 1 unspecified atom stereocenters. The third-order valence-electron chi connectivity index (χ3n) is 5.39. The summed E-state index contributed by atoms with van der Waals surface area (Å²) in [6.45, 7) is 5.63. The second-order valence-electron chi connectivity index (χ2n) is 7.88. The molecule has 9 nitrogen and oxygen atoms in total. The average molecular weight is 440 g/mol. The van der Waals surface area contributed by atoms with E-state index in [1.54, 1.807) is 43.6 Å². The highest BCUT2D eigenvalue weighted by molar-refractivity contribution is 5.94. The SMILES string of the molecule is C=CCN(C(=O)CCC(=O)Nc1cc(C)on1)C(C(=O)NC1CCCC1)c1ccncc1. The van der Waals surface area contributed by atoms with E-state index < -0.39 is 6.04 Å². The Hall–Kier alpha value is -3.49. The van der Waals surface area contributed by atoms with Crippen LogP contribution in [0.4, 0.5) is 5.82 Å². The molecule has 2 aromatic heterocycles. The smallest absolute Gasteiger partial charge is 0.247 e. The Balaban J connectivity index is 1.71. The maximum Gasteiger partial charge on any atom is 0.247 e. The number of hydrogen-bond donors (Lipinski definition) is 2. The van der Waals surface area contributed by atoms with Crippen molar-refractivity contribution in [3.63, 3.8) is 0 Å². The maximum absolute atomic E-state index is 13.2. The van der Waals surface area contributed by atoms with Crippen LogP contribution in [0.2, 0.25) is 0 Å². The molecule has 3 amide bonds. The molecular formula is C23H29N5O4. The van der Waals surface area contributed by atoms with Crippen LogP contribution in [0.5, 0.6) is 0 Å². The molecule has 2 N–H and O–H groups in total. The Bertz CT molecular complexity index is 937. The highest BCUT2D eigenvalue weighted by Crippen LogP contribution is 2.25. The number of carbonyl (C=O) groups is 3. The number of anilines is 1. The van der Waals surface area contributed by atoms with Crippen LogP contribution in [0.15, 0.2) is 47.8 Å². The summed E-state index contributed by atoms with van der Waals surface area (Å²) < 4.78 is 4.92. The summed E-state index contributed by atoms with van der Waals surface area (Å²) in [6, 6.07) is 4.33. The summed E-state index contributed by atoms with van der Waals surface area (Å²) in [6.07, 6.45) is 8.69. The van der Waals surface area contributed by atoms with Gasteiger partial charge in [0.15, 0.2) is 5.82 Å². The fourth-order valence-electron chi connectivity index (χ4n) is 3.85. The zero-order valence-corrected chi connectivity index (χ0v) is 18.3. The highest BCUT2D eigenvalue weighted by Gasteiger charge is 2.32. The normalized spacial score (nSPS) is 14.5. The van der Waals surface area contributed by atoms with Crippen molar-refractivity contribution >= 4 is 23.5 Å². The van der Waals surface area contributed by atoms with Gasteiger partial charge in [0, 0.05) is 43.9 Å². The van der Waals surface area contributed by atoms with E-state index in [4.69, 9.17) is 4.52 Å². The number of nitrogens with zero attached hydrogens (tertiary/aromatic N) is 3. The number of aromatic nitrogens is 2. The van der Waals surface area contributed by atoms with Crippen LogP contribution >= 0.6 is 0 Å². The van der Waals surface area contributed by atoms with E-state index in [0.717, 1.165) is 25.7 Å². The number of amides is 3. The van der Waals surface area contributed by atoms with Crippen LogP contribution in [-0.2, 0) is 14.4 Å². The molecule has 0 saturated heterocycles. The second-order valence-corrected chi connectivity index (χ2v) is 7.88. The molecule has 1 fully saturated rings. The van der Waals surface area contributed by atoms with Gasteiger partial charge < -0.3 is 20.1 Å². The zero-order chi connectivity index (χ0) is 22.9. The van der Waals surface area contributed by atoms with Crippen molar-refractivity contribution < 1.29 is 18.9 Å². The van der Waals surface area contributed by atoms with Gasteiger partial charge in [0.1, 0.15) is 11.8 Å². The van der Waals surface area contributed by atoms with Crippen LogP contribution in [0, 0.1) is 6.92 Å². The predicted molar refractivity (Wildman–Crippen MR) is 118 cm³/mol. The molecule has 0 radical (unpaired) electrons. The van der Waals surface area contributed by atoms with Crippen LogP contribution in [-0.4, -0.2) is 45.3 Å². The van der Waals surface area contributed by atoms with E-state index in [1.165, 1.54) is 4.90 Å². The van der Waals surface area contributed by atoms with Gasteiger partial charge >= 0.3 is 0 Å². The summed E-state index contributed by atoms with van der Waals surface area (Å²) in [4.78, 5) is 44.1. The van der Waals surface area contributed by atoms with Gasteiger partial charge in [-0.25, -0.2) is 0 Å². The Morgan fingerprint density at radius 2 is 1.97 bits per heavy atom. The fraction of sp³-hybridized carbons (Fsp3) is 0.435. The third kappa shape index (κ3) is 6.26. The van der Waals surface area contributed by atoms with Crippen LogP contribution in [0.3, 0.4) is 0 Å². The minimum atomic E-state index is -0.828. The first kappa shape index (κ1) is 23.2. The van der Waals surface area contributed by atoms with Crippen LogP contribution in [0.25, 0.3) is 0 Å². The van der Waals surface area contributed by atoms with Gasteiger partial charge in [-0.1, -0.05) is 24.1 Å². The number of carbonyl (C=O) groups excluding carboxylic acids is 3. The van der Waals surface area contributed by atoms with Crippen molar-refractivity contribution in [2.45, 2.75) is 57.5 Å². The molecule has 32 heavy (non-hydrogen) atoms. The summed E-state index contributed by atoms with van der Waals surface area (Å²) in [5.74, 6) is -0.0443. The lowest BCUT2D eigenvalue weighted by Gasteiger charge is -2.31. The molecule has 1 saturated carbocycles. The van der Waals surface area contributed by atoms with Crippen molar-refractivity contribution in [2.24, 2.45) is 0 Å². The standard InChI is InChI=1S/C23H29N5O4/c1-3-14-28(21(30)9-8-20(29)26-19-15-16(2)32-27-19)22(17-10-12-24-13-11-17)23(31)25-18-6-4-5-7-18/h3,10-13,15,18,22H,1,4-9,14H2,2H3,(H,25,31)(H,26,27,29). The largest absolute Gasteiger partial charge is 0.360 e. The molecule has 170 valence electrons. The molecule has 0 aromatic carbocycles. The maximum atomic E-state index is 13.2. The van der Waals surface area contributed by atoms with E-state index >= 15 is 0 Å². The zero-order valence-electron chi connectivity index (χ0n) is 18.3. The summed E-state index contributed by atoms with van der Waals surface area (Å²) in [5, 5.41) is 9.40. The van der Waals surface area contributed by atoms with Gasteiger partial charge in [0.05, 0.1) is 0 Å². The van der Waals surface area contributed by atoms with Gasteiger partial charge in [0.25, 0.3) is 0 Å². The minimum absolute atomic E-state index is 0.0499. The van der Waals surface area contributed by atoms with E-state index in [0.29, 0.717) is 17.1 Å². The van der Waals surface area contributed by atoms with Gasteiger partial charge in [-0.05, 0) is 37.5 Å². The summed E-state index contributed by atoms with van der Waals surface area (Å²) >= 11 is 0. The Kier molecular flexibility index (Phi) is 8.13. The highest BCUT2D eigenvalue weighted by atomic mass is 16.5. The van der Waals surface area contributed by atoms with Crippen molar-refractivity contribution in [3.8, 4) is 0 Å². The first-order chi connectivity index (χ1) is 15.5. The fourth-order valence-corrected chi connectivity index (χ4v) is 3.85. The monoisotopic (exact) mass is 439 g/mol. The van der Waals surface area contributed by atoms with Crippen molar-refractivity contribution in [3.05, 3.63) is 54.6 Å². The lowest BCUT2D eigenvalue weighted by Crippen LogP contribution is -2.46. The molecule has 0 aliphatic heterocycles. The molecule has 1 atom stereocenters. The molecule has 9 heteroatoms. The number of nitrogens with one attached hydrogen (secondary N) is 2. The molecule has 2 aromatic rings. The number of aryl methyl sites for hydroxylation is 1. The first-order valence-corrected chi connectivity index (χ1v) is 10.8. The van der Waals surface area contributed by atoms with E-state index in [-0.39, 0.29) is 43.1 Å². The van der Waals surface area contributed by atoms with Crippen molar-refractivity contribution in [1.29, 1.82) is 0 Å². The predicted octanol–water partition coefficient (Wildman–Crippen LogP) is 2.91. The molecule has 1 aliphatic carbocycles. The molecule has 3 rings (SSSR count). The molecular weight excluding hydrogens is 410 g/mol. The molecule has 0 bridgehead atoms. The average Bonchev–Trinajstić information content (AvgIpc) is 3.44. The number of hydrogen-bond acceptors (Lipinski definition) is 6. The van der Waals surface area contributed by atoms with Gasteiger partial charge in [0.2, 0.25) is 17.7 Å². The molecule has 0 spiro atoms. The Labute approximate surface area is 187 Å². The summed E-state index contributed by atoms with van der Waals surface area (Å²) in [7, 11) is 0. The van der Waals surface area contributed by atoms with Gasteiger partial charge in [-0.15, -0.1) is 6.58 Å². The van der Waals surface area contributed by atoms with Crippen molar-refractivity contribution in [2.75, 3.05) is 11.9 Å². The minimum Gasteiger partial charge on any atom is -0.360 e. The first-order valence-electron chi connectivity index (χ1n) is 10.8. The lowest BCUT2D eigenvalue weighted by molar-refractivity contribution is -0.141. The Morgan fingerprint density at radius 3 is 2.59 bits per heavy atom. The second kappa shape index (κ2) is 11.2. The topological polar surface area (TPSA) is 117 Å². The van der Waals surface area contributed by atoms with Crippen LogP contribution in [0.1, 0.15) is 55.9 Å². The van der Waals surface area contributed by atoms with Crippen LogP contribution < -0.4 is 10.6 Å². The van der Waals surface area contributed by atoms with Gasteiger partial charge in [-0.3, -0.25) is 19.4 Å². The molecule has 2 heterocycles. The molecule has 1 aliphatic rings. The van der Waals surface area contributed by atoms with Crippen molar-refractivity contribution in [1.82, 2.24) is 20.4 Å². The summed E-state index contributed by atoms with van der Waals surface area (Å²) in [5.41, 5.74) is 0.660. The van der Waals surface area contributed by atoms with E-state index in [9.17, 15) is 14.4 Å². The number of rotatable bonds is 10.